The van der Waals surface area contributed by atoms with Crippen LogP contribution in [0.5, 0.6) is 5.75 Å². The van der Waals surface area contributed by atoms with Crippen molar-refractivity contribution in [1.29, 1.82) is 0 Å². The molecule has 0 atom stereocenters. The molecule has 0 amide bonds. The zero-order valence-corrected chi connectivity index (χ0v) is 16.2. The molecule has 1 N–H and O–H groups in total. The highest BCUT2D eigenvalue weighted by atomic mass is 16.5. The number of aryl methyl sites for hydroxylation is 1. The van der Waals surface area contributed by atoms with E-state index in [1.54, 1.807) is 25.6 Å². The van der Waals surface area contributed by atoms with Crippen molar-refractivity contribution < 1.29 is 14.4 Å². The van der Waals surface area contributed by atoms with Crippen molar-refractivity contribution in [2.24, 2.45) is 0 Å². The molecule has 2 aromatic heterocycles. The molecule has 4 rings (SSSR count). The van der Waals surface area contributed by atoms with E-state index in [2.05, 4.69) is 20.5 Å². The van der Waals surface area contributed by atoms with E-state index in [0.717, 1.165) is 22.2 Å². The van der Waals surface area contributed by atoms with Gasteiger partial charge in [0.15, 0.2) is 0 Å². The molecule has 0 aliphatic heterocycles. The lowest BCUT2D eigenvalue weighted by molar-refractivity contribution is 0.0585. The summed E-state index contributed by atoms with van der Waals surface area (Å²) < 4.78 is 12.6. The van der Waals surface area contributed by atoms with Gasteiger partial charge in [-0.05, 0) is 56.7 Å². The molecular formula is C20H21N5O3. The van der Waals surface area contributed by atoms with Crippen molar-refractivity contribution in [2.75, 3.05) is 7.11 Å². The molecule has 0 radical (unpaired) electrons. The number of fused-ring (bicyclic) bond motifs is 1. The molecular weight excluding hydrogens is 358 g/mol. The molecule has 0 saturated heterocycles. The third-order valence-corrected chi connectivity index (χ3v) is 4.32. The Morgan fingerprint density at radius 2 is 2.00 bits per heavy atom. The van der Waals surface area contributed by atoms with Crippen molar-refractivity contribution in [3.8, 4) is 28.6 Å². The SMILES string of the molecule is COc1cc(C)ccc1-c1noc(-c2ccc3c(c2)nnn3CC(C)(C)O)n1. The number of hydrogen-bond donors (Lipinski definition) is 1. The van der Waals surface area contributed by atoms with Crippen LogP contribution >= 0.6 is 0 Å². The van der Waals surface area contributed by atoms with Crippen LogP contribution in [0, 0.1) is 6.92 Å². The number of methoxy groups -OCH3 is 1. The monoisotopic (exact) mass is 379 g/mol. The molecule has 2 aromatic carbocycles. The Morgan fingerprint density at radius 1 is 1.18 bits per heavy atom. The highest BCUT2D eigenvalue weighted by Gasteiger charge is 2.18. The van der Waals surface area contributed by atoms with Crippen LogP contribution in [0.4, 0.5) is 0 Å². The molecule has 0 unspecified atom stereocenters. The van der Waals surface area contributed by atoms with Gasteiger partial charge in [-0.15, -0.1) is 5.10 Å². The molecule has 0 aliphatic rings. The van der Waals surface area contributed by atoms with Gasteiger partial charge in [-0.25, -0.2) is 4.68 Å². The number of aromatic nitrogens is 5. The summed E-state index contributed by atoms with van der Waals surface area (Å²) in [5.41, 5.74) is 3.23. The summed E-state index contributed by atoms with van der Waals surface area (Å²) in [5.74, 6) is 1.53. The van der Waals surface area contributed by atoms with Gasteiger partial charge in [0, 0.05) is 5.56 Å². The van der Waals surface area contributed by atoms with Crippen LogP contribution < -0.4 is 4.74 Å². The first-order valence-electron chi connectivity index (χ1n) is 8.89. The molecule has 8 nitrogen and oxygen atoms in total. The topological polar surface area (TPSA) is 99.1 Å². The zero-order chi connectivity index (χ0) is 19.9. The van der Waals surface area contributed by atoms with Crippen LogP contribution in [0.2, 0.25) is 0 Å². The number of rotatable bonds is 5. The quantitative estimate of drug-likeness (QED) is 0.568. The standard InChI is InChI=1S/C20H21N5O3/c1-12-5-7-14(17(9-12)27-4)18-21-19(28-23-18)13-6-8-16-15(10-13)22-24-25(16)11-20(2,3)26/h5-10,26H,11H2,1-4H3. The second-order valence-corrected chi connectivity index (χ2v) is 7.39. The summed E-state index contributed by atoms with van der Waals surface area (Å²) >= 11 is 0. The van der Waals surface area contributed by atoms with Gasteiger partial charge in [-0.2, -0.15) is 4.98 Å². The lowest BCUT2D eigenvalue weighted by Crippen LogP contribution is -2.26. The fourth-order valence-corrected chi connectivity index (χ4v) is 3.02. The molecule has 8 heteroatoms. The summed E-state index contributed by atoms with van der Waals surface area (Å²) in [6.45, 7) is 5.80. The Balaban J connectivity index is 1.68. The predicted octanol–water partition coefficient (Wildman–Crippen LogP) is 3.24. The average Bonchev–Trinajstić information content (AvgIpc) is 3.27. The summed E-state index contributed by atoms with van der Waals surface area (Å²) in [5, 5.41) is 22.4. The molecule has 4 aromatic rings. The second-order valence-electron chi connectivity index (χ2n) is 7.39. The lowest BCUT2D eigenvalue weighted by Gasteiger charge is -2.16. The molecule has 28 heavy (non-hydrogen) atoms. The van der Waals surface area contributed by atoms with E-state index in [1.165, 1.54) is 0 Å². The van der Waals surface area contributed by atoms with E-state index in [0.29, 0.717) is 29.5 Å². The summed E-state index contributed by atoms with van der Waals surface area (Å²) in [7, 11) is 1.62. The maximum atomic E-state index is 10.0. The van der Waals surface area contributed by atoms with E-state index in [-0.39, 0.29) is 0 Å². The van der Waals surface area contributed by atoms with Crippen LogP contribution in [-0.4, -0.2) is 43.0 Å². The first-order chi connectivity index (χ1) is 13.3. The highest BCUT2D eigenvalue weighted by molar-refractivity contribution is 5.80. The van der Waals surface area contributed by atoms with Crippen LogP contribution in [0.15, 0.2) is 40.9 Å². The fourth-order valence-electron chi connectivity index (χ4n) is 3.02. The zero-order valence-electron chi connectivity index (χ0n) is 16.2. The van der Waals surface area contributed by atoms with Gasteiger partial charge in [0.05, 0.1) is 30.3 Å². The summed E-state index contributed by atoms with van der Waals surface area (Å²) in [6.07, 6.45) is 0. The van der Waals surface area contributed by atoms with Crippen molar-refractivity contribution in [3.05, 3.63) is 42.0 Å². The number of nitrogens with zero attached hydrogens (tertiary/aromatic N) is 5. The maximum absolute atomic E-state index is 10.0. The molecule has 0 saturated carbocycles. The molecule has 2 heterocycles. The van der Waals surface area contributed by atoms with Gasteiger partial charge in [-0.3, -0.25) is 0 Å². The molecule has 0 bridgehead atoms. The van der Waals surface area contributed by atoms with E-state index in [9.17, 15) is 5.11 Å². The number of benzene rings is 2. The van der Waals surface area contributed by atoms with E-state index in [1.807, 2.05) is 43.3 Å². The first-order valence-corrected chi connectivity index (χ1v) is 8.89. The number of hydrogen-bond acceptors (Lipinski definition) is 7. The van der Waals surface area contributed by atoms with Gasteiger partial charge < -0.3 is 14.4 Å². The minimum atomic E-state index is -0.881. The molecule has 144 valence electrons. The fraction of sp³-hybridized carbons (Fsp3) is 0.300. The maximum Gasteiger partial charge on any atom is 0.258 e. The Hall–Kier alpha value is -3.26. The van der Waals surface area contributed by atoms with Crippen molar-refractivity contribution in [3.63, 3.8) is 0 Å². The molecule has 0 aliphatic carbocycles. The van der Waals surface area contributed by atoms with Crippen molar-refractivity contribution in [1.82, 2.24) is 25.1 Å². The summed E-state index contributed by atoms with van der Waals surface area (Å²) in [6, 6.07) is 11.4. The Bertz CT molecular complexity index is 1140. The first kappa shape index (κ1) is 18.1. The van der Waals surface area contributed by atoms with Gasteiger partial charge >= 0.3 is 0 Å². The minimum absolute atomic E-state index is 0.348. The molecule has 0 spiro atoms. The van der Waals surface area contributed by atoms with Crippen molar-refractivity contribution >= 4 is 11.0 Å². The molecule has 0 fully saturated rings. The van der Waals surface area contributed by atoms with Gasteiger partial charge in [0.25, 0.3) is 5.89 Å². The third-order valence-electron chi connectivity index (χ3n) is 4.32. The Kier molecular flexibility index (Phi) is 4.35. The van der Waals surface area contributed by atoms with Crippen LogP contribution in [0.1, 0.15) is 19.4 Å². The number of ether oxygens (including phenoxy) is 1. The largest absolute Gasteiger partial charge is 0.496 e. The second kappa shape index (κ2) is 6.72. The van der Waals surface area contributed by atoms with Gasteiger partial charge in [0.1, 0.15) is 11.3 Å². The normalized spacial score (nSPS) is 11.9. The van der Waals surface area contributed by atoms with Crippen LogP contribution in [0.3, 0.4) is 0 Å². The summed E-state index contributed by atoms with van der Waals surface area (Å²) in [4.78, 5) is 4.51. The van der Waals surface area contributed by atoms with Crippen LogP contribution in [-0.2, 0) is 6.54 Å². The Labute approximate surface area is 161 Å². The predicted molar refractivity (Wildman–Crippen MR) is 104 cm³/mol. The van der Waals surface area contributed by atoms with E-state index < -0.39 is 5.60 Å². The van der Waals surface area contributed by atoms with E-state index >= 15 is 0 Å². The minimum Gasteiger partial charge on any atom is -0.496 e. The number of aliphatic hydroxyl groups is 1. The smallest absolute Gasteiger partial charge is 0.258 e. The van der Waals surface area contributed by atoms with Gasteiger partial charge in [0.2, 0.25) is 5.82 Å². The van der Waals surface area contributed by atoms with Crippen molar-refractivity contribution in [2.45, 2.75) is 32.9 Å². The van der Waals surface area contributed by atoms with Crippen LogP contribution in [0.25, 0.3) is 33.9 Å². The third kappa shape index (κ3) is 3.46. The van der Waals surface area contributed by atoms with Gasteiger partial charge in [-0.1, -0.05) is 16.4 Å². The Morgan fingerprint density at radius 3 is 2.75 bits per heavy atom. The van der Waals surface area contributed by atoms with E-state index in [4.69, 9.17) is 9.26 Å². The average molecular weight is 379 g/mol. The highest BCUT2D eigenvalue weighted by Crippen LogP contribution is 2.31. The lowest BCUT2D eigenvalue weighted by atomic mass is 10.1.